The number of nitrogens with zero attached hydrogens (tertiary/aromatic N) is 4. The van der Waals surface area contributed by atoms with E-state index in [9.17, 15) is 0 Å². The standard InChI is InChI=1S/C13H21N.C11H18N2.C9H15NS/c1-8-9(2)12(13(5,6)7)11(4)14-10(8)3;1-7-10(11(4,5)6)8(2)13-9(3)12-7;1-6-8(9(3,4)5)11-7(2)10-6/h1-7H3;1-6H3;1-5H3. The summed E-state index contributed by atoms with van der Waals surface area (Å²) in [4.78, 5) is 19.2. The smallest absolute Gasteiger partial charge is 0.125 e. The first-order chi connectivity index (χ1) is 17.0. The summed E-state index contributed by atoms with van der Waals surface area (Å²) in [5.74, 6) is 0.864. The predicted octanol–water partition coefficient (Wildman–Crippen LogP) is 9.37. The van der Waals surface area contributed by atoms with Crippen LogP contribution in [0.15, 0.2) is 0 Å². The van der Waals surface area contributed by atoms with E-state index in [1.807, 2.05) is 18.3 Å². The fourth-order valence-electron chi connectivity index (χ4n) is 5.42. The van der Waals surface area contributed by atoms with Crippen LogP contribution in [-0.2, 0) is 16.2 Å². The number of pyridine rings is 1. The molecule has 3 aromatic rings. The molecule has 4 nitrogen and oxygen atoms in total. The lowest BCUT2D eigenvalue weighted by Gasteiger charge is -2.25. The summed E-state index contributed by atoms with van der Waals surface area (Å²) in [5, 5.41) is 1.17. The van der Waals surface area contributed by atoms with Gasteiger partial charge in [0.1, 0.15) is 5.82 Å². The van der Waals surface area contributed by atoms with Crippen molar-refractivity contribution in [2.45, 2.75) is 141 Å². The zero-order valence-corrected chi connectivity index (χ0v) is 28.5. The van der Waals surface area contributed by atoms with Gasteiger partial charge in [0.05, 0.1) is 10.7 Å². The van der Waals surface area contributed by atoms with Crippen LogP contribution in [0.3, 0.4) is 0 Å². The minimum Gasteiger partial charge on any atom is -0.258 e. The number of aromatic nitrogens is 4. The number of rotatable bonds is 0. The van der Waals surface area contributed by atoms with Gasteiger partial charge >= 0.3 is 0 Å². The minimum atomic E-state index is 0.141. The molecule has 3 rings (SSSR count). The molecule has 0 fully saturated rings. The van der Waals surface area contributed by atoms with Crippen molar-refractivity contribution in [1.82, 2.24) is 19.9 Å². The molecule has 0 aliphatic rings. The number of aryl methyl sites for hydroxylation is 7. The van der Waals surface area contributed by atoms with Gasteiger partial charge in [-0.3, -0.25) is 4.98 Å². The lowest BCUT2D eigenvalue weighted by Crippen LogP contribution is -2.17. The molecule has 0 radical (unpaired) electrons. The molecule has 0 amide bonds. The second-order valence-electron chi connectivity index (χ2n) is 13.6. The summed E-state index contributed by atoms with van der Waals surface area (Å²) >= 11 is 1.81. The number of hydrogen-bond donors (Lipinski definition) is 0. The van der Waals surface area contributed by atoms with Crippen molar-refractivity contribution in [2.75, 3.05) is 0 Å². The van der Waals surface area contributed by atoms with Crippen LogP contribution in [0.2, 0.25) is 0 Å². The van der Waals surface area contributed by atoms with Crippen LogP contribution in [0.1, 0.15) is 129 Å². The highest BCUT2D eigenvalue weighted by Gasteiger charge is 2.22. The summed E-state index contributed by atoms with van der Waals surface area (Å²) in [5.41, 5.74) is 11.8. The molecular formula is C33H54N4S. The monoisotopic (exact) mass is 538 g/mol. The average molecular weight is 539 g/mol. The molecule has 0 aliphatic carbocycles. The molecule has 0 saturated heterocycles. The topological polar surface area (TPSA) is 51.6 Å². The molecule has 3 heterocycles. The Kier molecular flexibility index (Phi) is 11.0. The van der Waals surface area contributed by atoms with Gasteiger partial charge in [-0.15, -0.1) is 11.3 Å². The van der Waals surface area contributed by atoms with Crippen molar-refractivity contribution < 1.29 is 0 Å². The molecule has 3 aromatic heterocycles. The third kappa shape index (κ3) is 8.97. The molecular weight excluding hydrogens is 484 g/mol. The minimum absolute atomic E-state index is 0.141. The van der Waals surface area contributed by atoms with E-state index < -0.39 is 0 Å². The van der Waals surface area contributed by atoms with Crippen LogP contribution in [0, 0.1) is 62.3 Å². The van der Waals surface area contributed by atoms with E-state index in [-0.39, 0.29) is 16.2 Å². The molecule has 0 atom stereocenters. The highest BCUT2D eigenvalue weighted by Crippen LogP contribution is 2.31. The van der Waals surface area contributed by atoms with Gasteiger partial charge in [-0.05, 0) is 101 Å². The third-order valence-corrected chi connectivity index (χ3v) is 8.14. The first kappa shape index (κ1) is 33.9. The van der Waals surface area contributed by atoms with E-state index in [0.717, 1.165) is 22.9 Å². The van der Waals surface area contributed by atoms with E-state index in [4.69, 9.17) is 0 Å². The van der Waals surface area contributed by atoms with Crippen molar-refractivity contribution in [3.05, 3.63) is 66.4 Å². The Hall–Kier alpha value is -2.14. The Morgan fingerprint density at radius 1 is 0.421 bits per heavy atom. The largest absolute Gasteiger partial charge is 0.258 e. The zero-order chi connectivity index (χ0) is 30.0. The quantitative estimate of drug-likeness (QED) is 0.286. The van der Waals surface area contributed by atoms with Crippen molar-refractivity contribution in [1.29, 1.82) is 0 Å². The molecule has 38 heavy (non-hydrogen) atoms. The van der Waals surface area contributed by atoms with Gasteiger partial charge in [-0.25, -0.2) is 15.0 Å². The molecule has 0 aromatic carbocycles. The first-order valence-electron chi connectivity index (χ1n) is 13.7. The van der Waals surface area contributed by atoms with Crippen molar-refractivity contribution in [3.63, 3.8) is 0 Å². The van der Waals surface area contributed by atoms with Gasteiger partial charge in [0.15, 0.2) is 0 Å². The number of hydrogen-bond acceptors (Lipinski definition) is 5. The van der Waals surface area contributed by atoms with Crippen LogP contribution in [0.5, 0.6) is 0 Å². The Labute approximate surface area is 238 Å². The molecule has 0 spiro atoms. The van der Waals surface area contributed by atoms with E-state index in [2.05, 4.69) is 138 Å². The normalized spacial score (nSPS) is 11.9. The Bertz CT molecular complexity index is 1220. The molecule has 5 heteroatoms. The van der Waals surface area contributed by atoms with Crippen LogP contribution in [-0.4, -0.2) is 19.9 Å². The summed E-state index contributed by atoms with van der Waals surface area (Å²) in [7, 11) is 0. The number of thiazole rings is 1. The maximum Gasteiger partial charge on any atom is 0.125 e. The summed E-state index contributed by atoms with van der Waals surface area (Å²) in [6.45, 7) is 38.8. The van der Waals surface area contributed by atoms with E-state index in [1.54, 1.807) is 0 Å². The molecule has 0 unspecified atom stereocenters. The zero-order valence-electron chi connectivity index (χ0n) is 27.7. The molecule has 0 N–H and O–H groups in total. The summed E-state index contributed by atoms with van der Waals surface area (Å²) in [6.07, 6.45) is 0. The molecule has 0 bridgehead atoms. The highest BCUT2D eigenvalue weighted by atomic mass is 32.1. The average Bonchev–Trinajstić information content (AvgIpc) is 3.02. The Morgan fingerprint density at radius 2 is 0.842 bits per heavy atom. The summed E-state index contributed by atoms with van der Waals surface area (Å²) in [6, 6.07) is 0. The molecule has 0 saturated carbocycles. The van der Waals surface area contributed by atoms with Crippen LogP contribution in [0.25, 0.3) is 0 Å². The van der Waals surface area contributed by atoms with Gasteiger partial charge < -0.3 is 0 Å². The first-order valence-corrected chi connectivity index (χ1v) is 14.5. The van der Waals surface area contributed by atoms with Gasteiger partial charge in [0.25, 0.3) is 0 Å². The Balaban J connectivity index is 0.000000287. The van der Waals surface area contributed by atoms with E-state index in [1.165, 1.54) is 43.5 Å². The predicted molar refractivity (Wildman–Crippen MR) is 167 cm³/mol. The SMILES string of the molecule is Cc1nc(C)c(C(C)(C)C)c(C)c1C.Cc1nc(C)c(C(C)(C)C)c(C)n1.Cc1nc(C)c(C(C)(C)C)s1. The second kappa shape index (κ2) is 12.4. The van der Waals surface area contributed by atoms with Gasteiger partial charge in [-0.1, -0.05) is 62.3 Å². The molecule has 212 valence electrons. The summed E-state index contributed by atoms with van der Waals surface area (Å²) < 4.78 is 0. The lowest BCUT2D eigenvalue weighted by molar-refractivity contribution is 0.571. The van der Waals surface area contributed by atoms with Crippen LogP contribution >= 0.6 is 11.3 Å². The maximum atomic E-state index is 4.60. The van der Waals surface area contributed by atoms with Crippen molar-refractivity contribution >= 4 is 11.3 Å². The third-order valence-electron chi connectivity index (χ3n) is 6.64. The lowest BCUT2D eigenvalue weighted by atomic mass is 9.81. The van der Waals surface area contributed by atoms with Gasteiger partial charge in [-0.2, -0.15) is 0 Å². The Morgan fingerprint density at radius 3 is 1.16 bits per heavy atom. The fourth-order valence-corrected chi connectivity index (χ4v) is 6.40. The van der Waals surface area contributed by atoms with Crippen LogP contribution in [0.4, 0.5) is 0 Å². The van der Waals surface area contributed by atoms with E-state index in [0.29, 0.717) is 0 Å². The van der Waals surface area contributed by atoms with E-state index >= 15 is 0 Å². The van der Waals surface area contributed by atoms with Crippen molar-refractivity contribution in [3.8, 4) is 0 Å². The van der Waals surface area contributed by atoms with Crippen molar-refractivity contribution in [2.24, 2.45) is 0 Å². The van der Waals surface area contributed by atoms with Gasteiger partial charge in [0.2, 0.25) is 0 Å². The van der Waals surface area contributed by atoms with Crippen LogP contribution < -0.4 is 0 Å². The maximum absolute atomic E-state index is 4.60. The fraction of sp³-hybridized carbons (Fsp3) is 0.636. The van der Waals surface area contributed by atoms with Gasteiger partial charge in [0, 0.05) is 27.7 Å². The second-order valence-corrected chi connectivity index (χ2v) is 14.8. The highest BCUT2D eigenvalue weighted by molar-refractivity contribution is 7.11. The molecule has 0 aliphatic heterocycles.